The topological polar surface area (TPSA) is 17.3 Å². The molecule has 29 heavy (non-hydrogen) atoms. The van der Waals surface area contributed by atoms with E-state index in [9.17, 15) is 0 Å². The Kier molecular flexibility index (Phi) is 2.77. The fourth-order valence-corrected chi connectivity index (χ4v) is 4.81. The quantitative estimate of drug-likeness (QED) is 0.206. The predicted octanol–water partition coefficient (Wildman–Crippen LogP) is 7.10. The maximum atomic E-state index is 5.04. The highest BCUT2D eigenvalue weighted by atomic mass is 15.0. The normalized spacial score (nSPS) is 12.1. The van der Waals surface area contributed by atoms with E-state index in [1.807, 2.05) is 0 Å². The third-order valence-corrected chi connectivity index (χ3v) is 6.10. The number of hydrogen-bond donors (Lipinski definition) is 0. The van der Waals surface area contributed by atoms with E-state index in [2.05, 4.69) is 101 Å². The fourth-order valence-electron chi connectivity index (χ4n) is 4.81. The first-order chi connectivity index (χ1) is 14.4. The molecule has 0 radical (unpaired) electrons. The van der Waals surface area contributed by atoms with Gasteiger partial charge in [-0.15, -0.1) is 0 Å². The van der Waals surface area contributed by atoms with Crippen LogP contribution in [0.3, 0.4) is 0 Å². The molecule has 0 aliphatic rings. The number of hydrogen-bond acceptors (Lipinski definition) is 1. The molecule has 0 N–H and O–H groups in total. The molecule has 0 bridgehead atoms. The molecule has 0 saturated carbocycles. The Bertz CT molecular complexity index is 1760. The first-order valence-corrected chi connectivity index (χ1v) is 9.92. The molecule has 0 spiro atoms. The van der Waals surface area contributed by atoms with E-state index in [1.165, 1.54) is 43.2 Å². The summed E-state index contributed by atoms with van der Waals surface area (Å²) in [4.78, 5) is 5.04. The Morgan fingerprint density at radius 2 is 1.24 bits per heavy atom. The van der Waals surface area contributed by atoms with Gasteiger partial charge in [0.05, 0.1) is 16.6 Å². The SMILES string of the molecule is c1ccc2cc3c(cc2c1)c1c2ccccc2ccc1c1nc2ccccc2n31. The maximum absolute atomic E-state index is 5.04. The number of fused-ring (bicyclic) bond motifs is 11. The number of para-hydroxylation sites is 2. The minimum absolute atomic E-state index is 1.02. The summed E-state index contributed by atoms with van der Waals surface area (Å²) in [6.07, 6.45) is 0. The van der Waals surface area contributed by atoms with Gasteiger partial charge in [0.25, 0.3) is 0 Å². The van der Waals surface area contributed by atoms with Gasteiger partial charge in [-0.1, -0.05) is 66.7 Å². The fraction of sp³-hybridized carbons (Fsp3) is 0. The van der Waals surface area contributed by atoms with Crippen LogP contribution in [-0.2, 0) is 0 Å². The van der Waals surface area contributed by atoms with E-state index in [0.717, 1.165) is 16.7 Å². The van der Waals surface area contributed by atoms with E-state index >= 15 is 0 Å². The lowest BCUT2D eigenvalue weighted by atomic mass is 9.97. The Morgan fingerprint density at radius 3 is 2.14 bits per heavy atom. The Hall–Kier alpha value is -3.91. The van der Waals surface area contributed by atoms with Crippen LogP contribution in [-0.4, -0.2) is 9.38 Å². The van der Waals surface area contributed by atoms with Crippen LogP contribution in [0.2, 0.25) is 0 Å². The molecule has 0 atom stereocenters. The molecule has 0 aliphatic carbocycles. The zero-order valence-electron chi connectivity index (χ0n) is 15.6. The van der Waals surface area contributed by atoms with E-state index in [4.69, 9.17) is 4.98 Å². The van der Waals surface area contributed by atoms with Crippen LogP contribution < -0.4 is 0 Å². The summed E-state index contributed by atoms with van der Waals surface area (Å²) in [5.41, 5.74) is 4.41. The Morgan fingerprint density at radius 1 is 0.517 bits per heavy atom. The molecule has 0 aliphatic heterocycles. The molecule has 134 valence electrons. The average molecular weight is 368 g/mol. The lowest BCUT2D eigenvalue weighted by molar-refractivity contribution is 1.32. The molecule has 0 fully saturated rings. The first kappa shape index (κ1) is 15.1. The summed E-state index contributed by atoms with van der Waals surface area (Å²) < 4.78 is 2.33. The molecule has 2 heteroatoms. The predicted molar refractivity (Wildman–Crippen MR) is 123 cm³/mol. The van der Waals surface area contributed by atoms with Gasteiger partial charge < -0.3 is 0 Å². The summed E-state index contributed by atoms with van der Waals surface area (Å²) in [7, 11) is 0. The second-order valence-corrected chi connectivity index (χ2v) is 7.69. The van der Waals surface area contributed by atoms with Gasteiger partial charge in [-0.05, 0) is 51.9 Å². The van der Waals surface area contributed by atoms with Crippen molar-refractivity contribution in [2.75, 3.05) is 0 Å². The van der Waals surface area contributed by atoms with Crippen LogP contribution in [0.15, 0.2) is 97.1 Å². The van der Waals surface area contributed by atoms with Crippen molar-refractivity contribution in [1.29, 1.82) is 0 Å². The van der Waals surface area contributed by atoms with Gasteiger partial charge in [0, 0.05) is 16.2 Å². The number of benzene rings is 5. The summed E-state index contributed by atoms with van der Waals surface area (Å²) in [6, 6.07) is 34.8. The van der Waals surface area contributed by atoms with Gasteiger partial charge in [0.1, 0.15) is 5.65 Å². The van der Waals surface area contributed by atoms with Crippen molar-refractivity contribution in [2.45, 2.75) is 0 Å². The Labute approximate surface area is 166 Å². The van der Waals surface area contributed by atoms with Crippen molar-refractivity contribution in [3.05, 3.63) is 97.1 Å². The molecule has 7 rings (SSSR count). The lowest BCUT2D eigenvalue weighted by Gasteiger charge is -2.13. The van der Waals surface area contributed by atoms with Gasteiger partial charge in [-0.25, -0.2) is 4.98 Å². The van der Waals surface area contributed by atoms with Gasteiger partial charge >= 0.3 is 0 Å². The van der Waals surface area contributed by atoms with Crippen LogP contribution in [0.25, 0.3) is 59.9 Å². The summed E-state index contributed by atoms with van der Waals surface area (Å²) in [6.45, 7) is 0. The monoisotopic (exact) mass is 368 g/mol. The van der Waals surface area contributed by atoms with Crippen molar-refractivity contribution in [3.63, 3.8) is 0 Å². The van der Waals surface area contributed by atoms with E-state index < -0.39 is 0 Å². The molecule has 0 saturated heterocycles. The minimum atomic E-state index is 1.02. The highest BCUT2D eigenvalue weighted by molar-refractivity contribution is 6.25. The van der Waals surface area contributed by atoms with Crippen molar-refractivity contribution in [1.82, 2.24) is 9.38 Å². The highest BCUT2D eigenvalue weighted by Crippen LogP contribution is 2.38. The summed E-state index contributed by atoms with van der Waals surface area (Å²) in [5.74, 6) is 0. The number of aromatic nitrogens is 2. The number of pyridine rings is 1. The van der Waals surface area contributed by atoms with Crippen LogP contribution >= 0.6 is 0 Å². The molecule has 2 aromatic heterocycles. The standard InChI is InChI=1S/C27H16N2/c1-2-9-19-16-25-22(15-18(19)8-1)26-20-10-4-3-7-17(20)13-14-21(26)27-28-23-11-5-6-12-24(23)29(25)27/h1-16H. The van der Waals surface area contributed by atoms with Gasteiger partial charge in [0.2, 0.25) is 0 Å². The van der Waals surface area contributed by atoms with Crippen molar-refractivity contribution >= 4 is 59.9 Å². The Balaban J connectivity index is 1.90. The second-order valence-electron chi connectivity index (χ2n) is 7.69. The van der Waals surface area contributed by atoms with Gasteiger partial charge in [0.15, 0.2) is 0 Å². The average Bonchev–Trinajstić information content (AvgIpc) is 3.17. The maximum Gasteiger partial charge on any atom is 0.146 e. The molecule has 7 aromatic rings. The molecular formula is C27H16N2. The smallest absolute Gasteiger partial charge is 0.146 e. The van der Waals surface area contributed by atoms with Crippen molar-refractivity contribution in [2.24, 2.45) is 0 Å². The largest absolute Gasteiger partial charge is 0.292 e. The number of nitrogens with zero attached hydrogens (tertiary/aromatic N) is 2. The minimum Gasteiger partial charge on any atom is -0.292 e. The summed E-state index contributed by atoms with van der Waals surface area (Å²) in [5, 5.41) is 8.80. The van der Waals surface area contributed by atoms with Crippen molar-refractivity contribution < 1.29 is 0 Å². The molecule has 0 amide bonds. The first-order valence-electron chi connectivity index (χ1n) is 9.92. The van der Waals surface area contributed by atoms with E-state index in [0.29, 0.717) is 0 Å². The molecule has 5 aromatic carbocycles. The molecule has 2 heterocycles. The van der Waals surface area contributed by atoms with Crippen LogP contribution in [0.4, 0.5) is 0 Å². The van der Waals surface area contributed by atoms with Crippen LogP contribution in [0, 0.1) is 0 Å². The number of rotatable bonds is 0. The molecule has 2 nitrogen and oxygen atoms in total. The van der Waals surface area contributed by atoms with E-state index in [1.54, 1.807) is 0 Å². The zero-order valence-corrected chi connectivity index (χ0v) is 15.6. The molecule has 0 unspecified atom stereocenters. The van der Waals surface area contributed by atoms with Crippen molar-refractivity contribution in [3.8, 4) is 0 Å². The van der Waals surface area contributed by atoms with E-state index in [-0.39, 0.29) is 0 Å². The summed E-state index contributed by atoms with van der Waals surface area (Å²) >= 11 is 0. The zero-order chi connectivity index (χ0) is 18.9. The molecular weight excluding hydrogens is 352 g/mol. The second kappa shape index (κ2) is 5.33. The number of imidazole rings is 1. The lowest BCUT2D eigenvalue weighted by Crippen LogP contribution is -1.93. The highest BCUT2D eigenvalue weighted by Gasteiger charge is 2.15. The van der Waals surface area contributed by atoms with Gasteiger partial charge in [-0.2, -0.15) is 0 Å². The van der Waals surface area contributed by atoms with Gasteiger partial charge in [-0.3, -0.25) is 4.40 Å². The third kappa shape index (κ3) is 1.93. The third-order valence-electron chi connectivity index (χ3n) is 6.10. The van der Waals surface area contributed by atoms with Crippen LogP contribution in [0.5, 0.6) is 0 Å². The van der Waals surface area contributed by atoms with Crippen LogP contribution in [0.1, 0.15) is 0 Å².